The van der Waals surface area contributed by atoms with Gasteiger partial charge in [-0.25, -0.2) is 9.78 Å². The highest BCUT2D eigenvalue weighted by molar-refractivity contribution is 5.98. The lowest BCUT2D eigenvalue weighted by Crippen LogP contribution is -2.46. The van der Waals surface area contributed by atoms with Crippen LogP contribution in [0.3, 0.4) is 0 Å². The molecule has 0 unspecified atom stereocenters. The number of carbonyl (C=O) groups is 3. The number of methoxy groups -OCH3 is 1. The summed E-state index contributed by atoms with van der Waals surface area (Å²) in [6.45, 7) is 4.76. The Balaban J connectivity index is 1.77. The van der Waals surface area contributed by atoms with Crippen LogP contribution in [-0.4, -0.2) is 68.2 Å². The van der Waals surface area contributed by atoms with Gasteiger partial charge < -0.3 is 33.7 Å². The highest BCUT2D eigenvalue weighted by Crippen LogP contribution is 2.30. The lowest BCUT2D eigenvalue weighted by atomic mass is 9.91. The van der Waals surface area contributed by atoms with Crippen molar-refractivity contribution < 1.29 is 42.8 Å². The van der Waals surface area contributed by atoms with Crippen molar-refractivity contribution >= 4 is 17.8 Å². The lowest BCUT2D eigenvalue weighted by molar-refractivity contribution is -0.154. The highest BCUT2D eigenvalue weighted by atomic mass is 16.7. The molecule has 0 radical (unpaired) electrons. The molecule has 39 heavy (non-hydrogen) atoms. The van der Waals surface area contributed by atoms with E-state index < -0.39 is 36.8 Å². The van der Waals surface area contributed by atoms with Crippen LogP contribution in [0.4, 0.5) is 0 Å². The second kappa shape index (κ2) is 14.9. The number of hydrogen-bond donors (Lipinski definition) is 1. The van der Waals surface area contributed by atoms with E-state index in [0.29, 0.717) is 5.75 Å². The van der Waals surface area contributed by atoms with Crippen molar-refractivity contribution in [2.45, 2.75) is 58.3 Å². The topological polar surface area (TPSA) is 132 Å². The van der Waals surface area contributed by atoms with Gasteiger partial charge in [-0.1, -0.05) is 38.0 Å². The van der Waals surface area contributed by atoms with E-state index in [0.717, 1.165) is 19.3 Å². The van der Waals surface area contributed by atoms with Gasteiger partial charge >= 0.3 is 11.9 Å². The first-order chi connectivity index (χ1) is 18.8. The number of ether oxygens (including phenoxy) is 6. The van der Waals surface area contributed by atoms with Crippen LogP contribution in [0, 0.1) is 5.92 Å². The van der Waals surface area contributed by atoms with Gasteiger partial charge in [0.15, 0.2) is 23.2 Å². The Morgan fingerprint density at radius 3 is 2.62 bits per heavy atom. The molecule has 0 bridgehead atoms. The third-order valence-corrected chi connectivity index (χ3v) is 6.23. The van der Waals surface area contributed by atoms with Gasteiger partial charge in [0.05, 0.1) is 20.3 Å². The molecular weight excluding hydrogens is 508 g/mol. The number of nitrogens with one attached hydrogen (secondary N) is 1. The van der Waals surface area contributed by atoms with E-state index in [9.17, 15) is 14.4 Å². The molecule has 11 heteroatoms. The third-order valence-electron chi connectivity index (χ3n) is 6.23. The molecule has 11 nitrogen and oxygen atoms in total. The Bertz CT molecular complexity index is 1100. The maximum atomic E-state index is 13.2. The molecule has 212 valence electrons. The normalized spacial score (nSPS) is 21.4. The molecule has 1 aromatic carbocycles. The third kappa shape index (κ3) is 8.57. The number of nitrogens with zero attached hydrogens (tertiary/aromatic N) is 1. The molecule has 4 atom stereocenters. The van der Waals surface area contributed by atoms with Crippen LogP contribution < -0.4 is 19.5 Å². The minimum absolute atomic E-state index is 0.0413. The van der Waals surface area contributed by atoms with Gasteiger partial charge in [0.2, 0.25) is 6.79 Å². The Kier molecular flexibility index (Phi) is 11.4. The summed E-state index contributed by atoms with van der Waals surface area (Å²) in [6.07, 6.45) is 3.19. The summed E-state index contributed by atoms with van der Waals surface area (Å²) in [6, 6.07) is 9.79. The Labute approximate surface area is 228 Å². The van der Waals surface area contributed by atoms with Gasteiger partial charge in [-0.2, -0.15) is 0 Å². The summed E-state index contributed by atoms with van der Waals surface area (Å²) in [7, 11) is 1.39. The minimum atomic E-state index is -1.11. The van der Waals surface area contributed by atoms with Gasteiger partial charge in [0, 0.05) is 25.1 Å². The fourth-order valence-electron chi connectivity index (χ4n) is 4.20. The van der Waals surface area contributed by atoms with E-state index in [1.165, 1.54) is 26.3 Å². The second-order valence-corrected chi connectivity index (χ2v) is 9.07. The van der Waals surface area contributed by atoms with E-state index in [2.05, 4.69) is 17.2 Å². The number of hydrogen-bond acceptors (Lipinski definition) is 10. The molecular formula is C28H36N2O9. The summed E-state index contributed by atoms with van der Waals surface area (Å²) in [4.78, 5) is 41.6. The molecule has 3 rings (SSSR count). The molecule has 1 aliphatic rings. The zero-order chi connectivity index (χ0) is 28.2. The fraction of sp³-hybridized carbons (Fsp3) is 0.500. The molecule has 0 saturated carbocycles. The number of amides is 1. The molecule has 1 N–H and O–H groups in total. The average Bonchev–Trinajstić information content (AvgIpc) is 2.96. The van der Waals surface area contributed by atoms with Crippen LogP contribution in [0.1, 0.15) is 50.5 Å². The first-order valence-corrected chi connectivity index (χ1v) is 12.9. The number of para-hydroxylation sites is 1. The maximum Gasteiger partial charge on any atom is 0.331 e. The number of aromatic nitrogens is 1. The van der Waals surface area contributed by atoms with Crippen LogP contribution in [0.5, 0.6) is 17.2 Å². The molecule has 0 aliphatic carbocycles. The number of esters is 2. The first-order valence-electron chi connectivity index (χ1n) is 12.9. The largest absolute Gasteiger partial charge is 0.493 e. The molecule has 1 fully saturated rings. The zero-order valence-electron chi connectivity index (χ0n) is 22.7. The smallest absolute Gasteiger partial charge is 0.331 e. The van der Waals surface area contributed by atoms with Crippen molar-refractivity contribution in [3.05, 3.63) is 48.3 Å². The molecule has 1 aliphatic heterocycles. The van der Waals surface area contributed by atoms with Gasteiger partial charge in [-0.3, -0.25) is 9.59 Å². The van der Waals surface area contributed by atoms with Gasteiger partial charge in [0.25, 0.3) is 5.91 Å². The predicted octanol–water partition coefficient (Wildman–Crippen LogP) is 3.30. The van der Waals surface area contributed by atoms with Gasteiger partial charge in [-0.15, -0.1) is 0 Å². The number of pyridine rings is 1. The second-order valence-electron chi connectivity index (χ2n) is 9.07. The quantitative estimate of drug-likeness (QED) is 0.332. The van der Waals surface area contributed by atoms with Crippen molar-refractivity contribution in [2.24, 2.45) is 5.92 Å². The summed E-state index contributed by atoms with van der Waals surface area (Å²) < 4.78 is 33.5. The molecule has 2 heterocycles. The maximum absolute atomic E-state index is 13.2. The molecule has 1 amide bonds. The number of carbonyl (C=O) groups excluding carboxylic acids is 3. The number of benzene rings is 1. The number of cyclic esters (lactones) is 1. The SMILES string of the molecule is CCCC[C@H]1[C@H](C)OC(=O)[C@@H](NC(=O)c2nccc(OC)c2OCOC(C)=O)COC[C@@H]1Oc1ccccc1. The van der Waals surface area contributed by atoms with E-state index in [1.54, 1.807) is 0 Å². The molecule has 0 spiro atoms. The van der Waals surface area contributed by atoms with Crippen molar-refractivity contribution in [1.29, 1.82) is 0 Å². The fourth-order valence-corrected chi connectivity index (χ4v) is 4.20. The first kappa shape index (κ1) is 29.7. The van der Waals surface area contributed by atoms with E-state index in [-0.39, 0.29) is 42.4 Å². The minimum Gasteiger partial charge on any atom is -0.493 e. The predicted molar refractivity (Wildman–Crippen MR) is 140 cm³/mol. The Hall–Kier alpha value is -3.86. The average molecular weight is 545 g/mol. The standard InChI is InChI=1S/C28H36N2O9/c1-5-6-12-21-18(2)38-28(33)22(15-35-16-24(21)39-20-10-8-7-9-11-20)30-27(32)25-26(37-17-36-19(3)31)23(34-4)13-14-29-25/h7-11,13-14,18,21-22,24H,5-6,12,15-17H2,1-4H3,(H,30,32)/t18-,21-,22-,24-/m0/s1. The summed E-state index contributed by atoms with van der Waals surface area (Å²) in [5, 5.41) is 2.63. The van der Waals surface area contributed by atoms with Crippen molar-refractivity contribution in [3.63, 3.8) is 0 Å². The van der Waals surface area contributed by atoms with E-state index >= 15 is 0 Å². The van der Waals surface area contributed by atoms with Gasteiger partial charge in [-0.05, 0) is 25.5 Å². The van der Waals surface area contributed by atoms with Crippen LogP contribution in [0.2, 0.25) is 0 Å². The van der Waals surface area contributed by atoms with E-state index in [1.807, 2.05) is 37.3 Å². The lowest BCUT2D eigenvalue weighted by Gasteiger charge is -2.31. The van der Waals surface area contributed by atoms with Crippen molar-refractivity contribution in [3.8, 4) is 17.2 Å². The molecule has 1 aromatic heterocycles. The van der Waals surface area contributed by atoms with Crippen LogP contribution in [0.15, 0.2) is 42.6 Å². The van der Waals surface area contributed by atoms with Crippen LogP contribution >= 0.6 is 0 Å². The Morgan fingerprint density at radius 2 is 1.92 bits per heavy atom. The molecule has 2 aromatic rings. The van der Waals surface area contributed by atoms with Crippen molar-refractivity contribution in [2.75, 3.05) is 27.1 Å². The number of rotatable bonds is 11. The zero-order valence-corrected chi connectivity index (χ0v) is 22.7. The van der Waals surface area contributed by atoms with Gasteiger partial charge in [0.1, 0.15) is 18.0 Å². The summed E-state index contributed by atoms with van der Waals surface area (Å²) >= 11 is 0. The number of unbranched alkanes of at least 4 members (excludes halogenated alkanes) is 1. The van der Waals surface area contributed by atoms with Crippen LogP contribution in [0.25, 0.3) is 0 Å². The van der Waals surface area contributed by atoms with Crippen LogP contribution in [-0.2, 0) is 23.8 Å². The summed E-state index contributed by atoms with van der Waals surface area (Å²) in [5.74, 6) is -1.18. The van der Waals surface area contributed by atoms with Crippen molar-refractivity contribution in [1.82, 2.24) is 10.3 Å². The Morgan fingerprint density at radius 1 is 1.15 bits per heavy atom. The van der Waals surface area contributed by atoms with E-state index in [4.69, 9.17) is 28.4 Å². The summed E-state index contributed by atoms with van der Waals surface area (Å²) in [5.41, 5.74) is -0.159. The monoisotopic (exact) mass is 544 g/mol. The molecule has 1 saturated heterocycles. The highest BCUT2D eigenvalue weighted by Gasteiger charge is 2.36.